The van der Waals surface area contributed by atoms with Crippen LogP contribution in [0.2, 0.25) is 0 Å². The van der Waals surface area contributed by atoms with Crippen molar-refractivity contribution >= 4 is 18.7 Å². The van der Waals surface area contributed by atoms with E-state index in [0.717, 1.165) is 13.1 Å². The topological polar surface area (TPSA) is 6.48 Å². The molecule has 0 saturated heterocycles. The van der Waals surface area contributed by atoms with Gasteiger partial charge in [0.15, 0.2) is 0 Å². The minimum absolute atomic E-state index is 0.436. The molecular weight excluding hydrogens is 263 g/mol. The molecule has 0 radical (unpaired) electrons. The first kappa shape index (κ1) is 15.2. The number of nitrogens with zero attached hydrogens (tertiary/aromatic N) is 2. The fourth-order valence-electron chi connectivity index (χ4n) is 2.13. The summed E-state index contributed by atoms with van der Waals surface area (Å²) in [6, 6.07) is 21.7. The SMILES string of the molecule is CN(C)CCN(C)P(c1ccccc1)c1ccccc1. The van der Waals surface area contributed by atoms with Crippen LogP contribution in [0.15, 0.2) is 60.7 Å². The molecule has 0 atom stereocenters. The van der Waals surface area contributed by atoms with Gasteiger partial charge >= 0.3 is 0 Å². The molecule has 2 aromatic rings. The highest BCUT2D eigenvalue weighted by molar-refractivity contribution is 7.70. The van der Waals surface area contributed by atoms with E-state index in [1.165, 1.54) is 10.6 Å². The smallest absolute Gasteiger partial charge is 0.0279 e. The van der Waals surface area contributed by atoms with Gasteiger partial charge in [0.2, 0.25) is 0 Å². The van der Waals surface area contributed by atoms with E-state index in [2.05, 4.69) is 91.4 Å². The molecule has 106 valence electrons. The van der Waals surface area contributed by atoms with Crippen LogP contribution >= 0.6 is 8.07 Å². The molecule has 0 N–H and O–H groups in total. The molecule has 0 aliphatic rings. The second-order valence-corrected chi connectivity index (χ2v) is 7.51. The van der Waals surface area contributed by atoms with Crippen LogP contribution < -0.4 is 10.6 Å². The molecule has 0 saturated carbocycles. The first-order valence-corrected chi connectivity index (χ1v) is 8.24. The van der Waals surface area contributed by atoms with E-state index in [-0.39, 0.29) is 0 Å². The van der Waals surface area contributed by atoms with Crippen molar-refractivity contribution in [3.63, 3.8) is 0 Å². The van der Waals surface area contributed by atoms with Gasteiger partial charge in [-0.3, -0.25) is 4.67 Å². The molecule has 0 aliphatic heterocycles. The predicted molar refractivity (Wildman–Crippen MR) is 90.3 cm³/mol. The number of hydrogen-bond acceptors (Lipinski definition) is 2. The van der Waals surface area contributed by atoms with E-state index in [4.69, 9.17) is 0 Å². The summed E-state index contributed by atoms with van der Waals surface area (Å²) in [5.41, 5.74) is 0. The lowest BCUT2D eigenvalue weighted by Gasteiger charge is -2.29. The molecule has 3 heteroatoms. The zero-order chi connectivity index (χ0) is 14.4. The van der Waals surface area contributed by atoms with Crippen molar-refractivity contribution in [1.29, 1.82) is 0 Å². The Balaban J connectivity index is 2.25. The van der Waals surface area contributed by atoms with Crippen LogP contribution in [0.5, 0.6) is 0 Å². The first-order chi connectivity index (χ1) is 9.68. The normalized spacial score (nSPS) is 11.5. The Labute approximate surface area is 123 Å². The fraction of sp³-hybridized carbons (Fsp3) is 0.294. The quantitative estimate of drug-likeness (QED) is 0.753. The molecule has 0 bridgehead atoms. The van der Waals surface area contributed by atoms with Crippen molar-refractivity contribution in [2.75, 3.05) is 34.2 Å². The van der Waals surface area contributed by atoms with Gasteiger partial charge in [0.25, 0.3) is 0 Å². The average molecular weight is 286 g/mol. The van der Waals surface area contributed by atoms with Crippen molar-refractivity contribution < 1.29 is 0 Å². The summed E-state index contributed by atoms with van der Waals surface area (Å²) in [5, 5.41) is 2.82. The Kier molecular flexibility index (Phi) is 5.72. The summed E-state index contributed by atoms with van der Waals surface area (Å²) in [7, 11) is 6.05. The second kappa shape index (κ2) is 7.54. The summed E-state index contributed by atoms with van der Waals surface area (Å²) in [6.45, 7) is 2.15. The van der Waals surface area contributed by atoms with Gasteiger partial charge in [-0.1, -0.05) is 60.7 Å². The predicted octanol–water partition coefficient (Wildman–Crippen LogP) is 2.53. The zero-order valence-electron chi connectivity index (χ0n) is 12.5. The third kappa shape index (κ3) is 4.14. The van der Waals surface area contributed by atoms with Gasteiger partial charge in [-0.2, -0.15) is 0 Å². The van der Waals surface area contributed by atoms with Gasteiger partial charge in [-0.25, -0.2) is 0 Å². The Bertz CT molecular complexity index is 459. The van der Waals surface area contributed by atoms with Crippen LogP contribution in [0.25, 0.3) is 0 Å². The van der Waals surface area contributed by atoms with Gasteiger partial charge in [-0.15, -0.1) is 0 Å². The molecule has 0 aromatic heterocycles. The average Bonchev–Trinajstić information content (AvgIpc) is 2.48. The maximum absolute atomic E-state index is 2.49. The third-order valence-corrected chi connectivity index (χ3v) is 5.67. The summed E-state index contributed by atoms with van der Waals surface area (Å²) < 4.78 is 2.49. The van der Waals surface area contributed by atoms with E-state index < -0.39 is 8.07 Å². The van der Waals surface area contributed by atoms with Gasteiger partial charge < -0.3 is 4.90 Å². The van der Waals surface area contributed by atoms with Crippen LogP contribution in [0, 0.1) is 0 Å². The summed E-state index contributed by atoms with van der Waals surface area (Å²) in [6.07, 6.45) is 0. The molecule has 0 heterocycles. The van der Waals surface area contributed by atoms with Crippen LogP contribution in [-0.4, -0.2) is 43.8 Å². The molecule has 0 aliphatic carbocycles. The third-order valence-electron chi connectivity index (χ3n) is 3.21. The number of hydrogen-bond donors (Lipinski definition) is 0. The van der Waals surface area contributed by atoms with Crippen molar-refractivity contribution in [3.8, 4) is 0 Å². The lowest BCUT2D eigenvalue weighted by atomic mass is 10.4. The van der Waals surface area contributed by atoms with Crippen LogP contribution in [-0.2, 0) is 0 Å². The second-order valence-electron chi connectivity index (χ2n) is 5.17. The maximum atomic E-state index is 2.49. The lowest BCUT2D eigenvalue weighted by molar-refractivity contribution is 0.370. The van der Waals surface area contributed by atoms with E-state index in [9.17, 15) is 0 Å². The first-order valence-electron chi connectivity index (χ1n) is 6.94. The Morgan fingerprint density at radius 1 is 0.700 bits per heavy atom. The molecule has 2 nitrogen and oxygen atoms in total. The fourth-order valence-corrected chi connectivity index (χ4v) is 4.41. The van der Waals surface area contributed by atoms with Crippen LogP contribution in [0.1, 0.15) is 0 Å². The molecule has 0 amide bonds. The molecule has 2 rings (SSSR count). The highest BCUT2D eigenvalue weighted by atomic mass is 31.1. The lowest BCUT2D eigenvalue weighted by Crippen LogP contribution is -2.31. The molecule has 0 fully saturated rings. The van der Waals surface area contributed by atoms with E-state index in [0.29, 0.717) is 0 Å². The van der Waals surface area contributed by atoms with Crippen molar-refractivity contribution in [1.82, 2.24) is 9.57 Å². The maximum Gasteiger partial charge on any atom is 0.0279 e. The Hall–Kier alpha value is -1.21. The van der Waals surface area contributed by atoms with Crippen molar-refractivity contribution in [2.45, 2.75) is 0 Å². The van der Waals surface area contributed by atoms with Crippen molar-refractivity contribution in [2.24, 2.45) is 0 Å². The number of benzene rings is 2. The summed E-state index contributed by atoms with van der Waals surface area (Å²) in [4.78, 5) is 2.24. The zero-order valence-corrected chi connectivity index (χ0v) is 13.4. The molecular formula is C17H23N2P. The molecule has 0 spiro atoms. The molecule has 0 unspecified atom stereocenters. The van der Waals surface area contributed by atoms with E-state index >= 15 is 0 Å². The van der Waals surface area contributed by atoms with Crippen LogP contribution in [0.4, 0.5) is 0 Å². The highest BCUT2D eigenvalue weighted by Gasteiger charge is 2.18. The van der Waals surface area contributed by atoms with Crippen LogP contribution in [0.3, 0.4) is 0 Å². The Morgan fingerprint density at radius 3 is 1.55 bits per heavy atom. The van der Waals surface area contributed by atoms with E-state index in [1.54, 1.807) is 0 Å². The highest BCUT2D eigenvalue weighted by Crippen LogP contribution is 2.36. The van der Waals surface area contributed by atoms with E-state index in [1.807, 2.05) is 0 Å². The monoisotopic (exact) mass is 286 g/mol. The van der Waals surface area contributed by atoms with Gasteiger partial charge in [0, 0.05) is 21.2 Å². The number of rotatable bonds is 6. The standard InChI is InChI=1S/C17H23N2P/c1-18(2)14-15-19(3)20(16-10-6-4-7-11-16)17-12-8-5-9-13-17/h4-13H,14-15H2,1-3H3. The largest absolute Gasteiger partial charge is 0.308 e. The van der Waals surface area contributed by atoms with Gasteiger partial charge in [0.05, 0.1) is 0 Å². The van der Waals surface area contributed by atoms with Gasteiger partial charge in [-0.05, 0) is 31.8 Å². The number of likely N-dealkylation sites (N-methyl/N-ethyl adjacent to an activating group) is 2. The minimum Gasteiger partial charge on any atom is -0.308 e. The van der Waals surface area contributed by atoms with Crippen molar-refractivity contribution in [3.05, 3.63) is 60.7 Å². The molecule has 20 heavy (non-hydrogen) atoms. The van der Waals surface area contributed by atoms with Gasteiger partial charge in [0.1, 0.15) is 0 Å². The minimum atomic E-state index is -0.436. The summed E-state index contributed by atoms with van der Waals surface area (Å²) in [5.74, 6) is 0. The molecule has 2 aromatic carbocycles. The summed E-state index contributed by atoms with van der Waals surface area (Å²) >= 11 is 0. The Morgan fingerprint density at radius 2 is 1.15 bits per heavy atom.